The van der Waals surface area contributed by atoms with Crippen LogP contribution in [0, 0.1) is 0 Å². The number of anilines is 1. The van der Waals surface area contributed by atoms with E-state index in [1.165, 1.54) is 4.90 Å². The molecule has 0 saturated carbocycles. The monoisotopic (exact) mass is 227 g/mol. The molecular weight excluding hydrogens is 218 g/mol. The number of β-amino-alcohol motifs (C(OH)–C–C–N with tert-alkyl or cyclic N) is 1. The van der Waals surface area contributed by atoms with Gasteiger partial charge in [0.2, 0.25) is 0 Å². The predicted molar refractivity (Wildman–Crippen MR) is 55.8 cm³/mol. The molecule has 0 spiro atoms. The molecule has 1 aliphatic heterocycles. The molecule has 0 saturated heterocycles. The molecule has 2 heterocycles. The zero-order chi connectivity index (χ0) is 10.8. The van der Waals surface area contributed by atoms with Crippen LogP contribution in [0.5, 0.6) is 0 Å². The largest absolute Gasteiger partial charge is 0.395 e. The second-order valence-corrected chi connectivity index (χ2v) is 3.60. The van der Waals surface area contributed by atoms with Crippen molar-refractivity contribution in [2.75, 3.05) is 18.5 Å². The minimum absolute atomic E-state index is 0.0688. The molecule has 5 nitrogen and oxygen atoms in total. The summed E-state index contributed by atoms with van der Waals surface area (Å²) in [5.74, 6) is 0.502. The number of hydrogen-bond donors (Lipinski definition) is 2. The van der Waals surface area contributed by atoms with Gasteiger partial charge < -0.3 is 10.0 Å². The summed E-state index contributed by atoms with van der Waals surface area (Å²) < 4.78 is 0. The lowest BCUT2D eigenvalue weighted by molar-refractivity contribution is 0.183. The van der Waals surface area contributed by atoms with Gasteiger partial charge in [-0.25, -0.2) is 9.78 Å². The number of carbonyl (C=O) groups is 1. The van der Waals surface area contributed by atoms with Gasteiger partial charge in [-0.3, -0.25) is 5.32 Å². The summed E-state index contributed by atoms with van der Waals surface area (Å²) in [6.45, 7) is 0.603. The molecule has 0 atom stereocenters. The van der Waals surface area contributed by atoms with Crippen molar-refractivity contribution in [2.45, 2.75) is 6.54 Å². The number of aliphatic hydroxyl groups excluding tert-OH is 1. The van der Waals surface area contributed by atoms with Crippen LogP contribution < -0.4 is 5.32 Å². The van der Waals surface area contributed by atoms with Gasteiger partial charge in [-0.15, -0.1) is 0 Å². The Morgan fingerprint density at radius 1 is 1.67 bits per heavy atom. The number of pyridine rings is 1. The van der Waals surface area contributed by atoms with Crippen molar-refractivity contribution in [1.82, 2.24) is 9.88 Å². The molecule has 0 radical (unpaired) electrons. The number of aromatic nitrogens is 1. The highest BCUT2D eigenvalue weighted by molar-refractivity contribution is 6.31. The molecule has 0 aromatic carbocycles. The Labute approximate surface area is 91.7 Å². The molecule has 80 valence electrons. The van der Waals surface area contributed by atoms with Crippen molar-refractivity contribution < 1.29 is 9.90 Å². The van der Waals surface area contributed by atoms with E-state index in [4.69, 9.17) is 16.7 Å². The van der Waals surface area contributed by atoms with Crippen molar-refractivity contribution in [3.63, 3.8) is 0 Å². The summed E-state index contributed by atoms with van der Waals surface area (Å²) >= 11 is 5.97. The van der Waals surface area contributed by atoms with E-state index in [0.29, 0.717) is 17.4 Å². The maximum absolute atomic E-state index is 11.5. The summed E-state index contributed by atoms with van der Waals surface area (Å²) in [5.41, 5.74) is 0.784. The fraction of sp³-hybridized carbons (Fsp3) is 0.333. The van der Waals surface area contributed by atoms with Crippen LogP contribution in [0.4, 0.5) is 10.6 Å². The predicted octanol–water partition coefficient (Wildman–Crippen LogP) is 1.07. The first-order chi connectivity index (χ1) is 7.22. The summed E-state index contributed by atoms with van der Waals surface area (Å²) in [6, 6.07) is 1.42. The van der Waals surface area contributed by atoms with E-state index in [9.17, 15) is 4.79 Å². The zero-order valence-corrected chi connectivity index (χ0v) is 8.66. The van der Waals surface area contributed by atoms with Gasteiger partial charge >= 0.3 is 6.03 Å². The average Bonchev–Trinajstić information content (AvgIpc) is 2.21. The Bertz CT molecular complexity index is 397. The van der Waals surface area contributed by atoms with Crippen LogP contribution in [-0.4, -0.2) is 34.2 Å². The fourth-order valence-corrected chi connectivity index (χ4v) is 1.68. The van der Waals surface area contributed by atoms with Crippen LogP contribution >= 0.6 is 11.6 Å². The molecule has 2 amide bonds. The highest BCUT2D eigenvalue weighted by Gasteiger charge is 2.24. The maximum Gasteiger partial charge on any atom is 0.323 e. The fourth-order valence-electron chi connectivity index (χ4n) is 1.47. The Morgan fingerprint density at radius 2 is 2.47 bits per heavy atom. The smallest absolute Gasteiger partial charge is 0.323 e. The molecule has 6 heteroatoms. The Balaban J connectivity index is 2.30. The number of fused-ring (bicyclic) bond motifs is 1. The normalized spacial score (nSPS) is 14.8. The van der Waals surface area contributed by atoms with Gasteiger partial charge in [-0.2, -0.15) is 0 Å². The van der Waals surface area contributed by atoms with Crippen molar-refractivity contribution in [3.05, 3.63) is 22.8 Å². The molecule has 0 unspecified atom stereocenters. The molecule has 2 rings (SSSR count). The highest BCUT2D eigenvalue weighted by Crippen LogP contribution is 2.27. The minimum atomic E-state index is -0.258. The number of hydrogen-bond acceptors (Lipinski definition) is 3. The van der Waals surface area contributed by atoms with Gasteiger partial charge in [-0.1, -0.05) is 11.6 Å². The third-order valence-corrected chi connectivity index (χ3v) is 2.58. The minimum Gasteiger partial charge on any atom is -0.395 e. The topological polar surface area (TPSA) is 65.5 Å². The second kappa shape index (κ2) is 4.04. The van der Waals surface area contributed by atoms with Gasteiger partial charge in [0.1, 0.15) is 5.82 Å². The Morgan fingerprint density at radius 3 is 3.20 bits per heavy atom. The van der Waals surface area contributed by atoms with Crippen LogP contribution in [0.15, 0.2) is 12.3 Å². The molecule has 0 fully saturated rings. The van der Waals surface area contributed by atoms with Crippen LogP contribution in [0.1, 0.15) is 5.56 Å². The second-order valence-electron chi connectivity index (χ2n) is 3.20. The first kappa shape index (κ1) is 10.2. The van der Waals surface area contributed by atoms with Gasteiger partial charge in [-0.05, 0) is 6.07 Å². The van der Waals surface area contributed by atoms with Gasteiger partial charge in [0.05, 0.1) is 18.2 Å². The quantitative estimate of drug-likeness (QED) is 0.795. The molecule has 0 bridgehead atoms. The SMILES string of the molecule is O=C1Nc2nccc(Cl)c2CN1CCO. The molecular formula is C9H10ClN3O2. The summed E-state index contributed by atoms with van der Waals surface area (Å²) in [6.07, 6.45) is 1.54. The maximum atomic E-state index is 11.5. The molecule has 2 N–H and O–H groups in total. The number of halogens is 1. The number of nitrogens with zero attached hydrogens (tertiary/aromatic N) is 2. The number of aliphatic hydroxyl groups is 1. The van der Waals surface area contributed by atoms with Crippen LogP contribution in [0.25, 0.3) is 0 Å². The van der Waals surface area contributed by atoms with E-state index in [0.717, 1.165) is 5.56 Å². The molecule has 0 aliphatic carbocycles. The lowest BCUT2D eigenvalue weighted by Crippen LogP contribution is -2.40. The molecule has 1 aromatic heterocycles. The Kier molecular flexibility index (Phi) is 2.75. The van der Waals surface area contributed by atoms with Crippen molar-refractivity contribution in [3.8, 4) is 0 Å². The molecule has 15 heavy (non-hydrogen) atoms. The van der Waals surface area contributed by atoms with Crippen LogP contribution in [-0.2, 0) is 6.54 Å². The first-order valence-corrected chi connectivity index (χ1v) is 4.90. The standard InChI is InChI=1S/C9H10ClN3O2/c10-7-1-2-11-8-6(7)5-13(3-4-14)9(15)12-8/h1-2,14H,3-5H2,(H,11,12,15). The van der Waals surface area contributed by atoms with Gasteiger partial charge in [0.15, 0.2) is 0 Å². The third kappa shape index (κ3) is 1.88. The number of amides is 2. The van der Waals surface area contributed by atoms with E-state index in [1.54, 1.807) is 12.3 Å². The molecule has 1 aliphatic rings. The van der Waals surface area contributed by atoms with Crippen molar-refractivity contribution in [2.24, 2.45) is 0 Å². The average molecular weight is 228 g/mol. The highest BCUT2D eigenvalue weighted by atomic mass is 35.5. The van der Waals surface area contributed by atoms with Gasteiger partial charge in [0.25, 0.3) is 0 Å². The Hall–Kier alpha value is -1.33. The lowest BCUT2D eigenvalue weighted by atomic mass is 10.2. The number of urea groups is 1. The zero-order valence-electron chi connectivity index (χ0n) is 7.90. The summed E-state index contributed by atoms with van der Waals surface area (Å²) in [4.78, 5) is 17.0. The first-order valence-electron chi connectivity index (χ1n) is 4.52. The number of rotatable bonds is 2. The van der Waals surface area contributed by atoms with Crippen molar-refractivity contribution >= 4 is 23.4 Å². The van der Waals surface area contributed by atoms with Gasteiger partial charge in [0, 0.05) is 18.3 Å². The van der Waals surface area contributed by atoms with Crippen molar-refractivity contribution in [1.29, 1.82) is 0 Å². The van der Waals surface area contributed by atoms with E-state index in [2.05, 4.69) is 10.3 Å². The lowest BCUT2D eigenvalue weighted by Gasteiger charge is -2.28. The van der Waals surface area contributed by atoms with E-state index in [-0.39, 0.29) is 19.2 Å². The van der Waals surface area contributed by atoms with Crippen LogP contribution in [0.2, 0.25) is 5.02 Å². The summed E-state index contributed by atoms with van der Waals surface area (Å²) in [5, 5.41) is 12.0. The number of carbonyl (C=O) groups excluding carboxylic acids is 1. The van der Waals surface area contributed by atoms with E-state index < -0.39 is 0 Å². The number of nitrogens with one attached hydrogen (secondary N) is 1. The molecule has 1 aromatic rings. The third-order valence-electron chi connectivity index (χ3n) is 2.23. The van der Waals surface area contributed by atoms with E-state index in [1.807, 2.05) is 0 Å². The summed E-state index contributed by atoms with van der Waals surface area (Å²) in [7, 11) is 0. The van der Waals surface area contributed by atoms with E-state index >= 15 is 0 Å². The van der Waals surface area contributed by atoms with Crippen LogP contribution in [0.3, 0.4) is 0 Å².